The number of likely N-dealkylation sites (tertiary alicyclic amines) is 1. The lowest BCUT2D eigenvalue weighted by Crippen LogP contribution is -2.65. The first-order valence-electron chi connectivity index (χ1n) is 11.6. The minimum absolute atomic E-state index is 0.0383. The second-order valence-electron chi connectivity index (χ2n) is 9.31. The van der Waals surface area contributed by atoms with E-state index in [0.717, 1.165) is 37.7 Å². The summed E-state index contributed by atoms with van der Waals surface area (Å²) in [6, 6.07) is 10.2. The van der Waals surface area contributed by atoms with Gasteiger partial charge in [-0.15, -0.1) is 0 Å². The van der Waals surface area contributed by atoms with Gasteiger partial charge in [-0.25, -0.2) is 0 Å². The van der Waals surface area contributed by atoms with Crippen molar-refractivity contribution in [2.45, 2.75) is 57.5 Å². The summed E-state index contributed by atoms with van der Waals surface area (Å²) in [7, 11) is 0. The Kier molecular flexibility index (Phi) is 5.20. The third kappa shape index (κ3) is 3.40. The Morgan fingerprint density at radius 1 is 1.23 bits per heavy atom. The summed E-state index contributed by atoms with van der Waals surface area (Å²) < 4.78 is 0. The zero-order valence-electron chi connectivity index (χ0n) is 18.1. The molecule has 5 rings (SSSR count). The van der Waals surface area contributed by atoms with Crippen LogP contribution in [0.4, 0.5) is 5.82 Å². The summed E-state index contributed by atoms with van der Waals surface area (Å²) in [5.74, 6) is 1.31. The molecular formula is C24H31N5O2. The molecule has 0 aliphatic carbocycles. The summed E-state index contributed by atoms with van der Waals surface area (Å²) in [5, 5.41) is 7.06. The zero-order valence-corrected chi connectivity index (χ0v) is 18.1. The van der Waals surface area contributed by atoms with Crippen LogP contribution in [0, 0.1) is 11.8 Å². The Morgan fingerprint density at radius 3 is 2.77 bits per heavy atom. The molecule has 2 amide bonds. The smallest absolute Gasteiger partial charge is 0.272 e. The van der Waals surface area contributed by atoms with Crippen molar-refractivity contribution in [3.63, 3.8) is 0 Å². The topological polar surface area (TPSA) is 95.3 Å². The highest BCUT2D eigenvalue weighted by molar-refractivity contribution is 6.01. The monoisotopic (exact) mass is 421 g/mol. The van der Waals surface area contributed by atoms with Gasteiger partial charge in [0, 0.05) is 31.6 Å². The van der Waals surface area contributed by atoms with Crippen molar-refractivity contribution in [3.05, 3.63) is 36.0 Å². The number of hydrogen-bond donors (Lipinski definition) is 2. The number of nitrogens with zero attached hydrogens (tertiary/aromatic N) is 3. The number of benzene rings is 1. The third-order valence-corrected chi connectivity index (χ3v) is 7.44. The van der Waals surface area contributed by atoms with Crippen LogP contribution in [0.3, 0.4) is 0 Å². The number of aromatic nitrogens is 2. The van der Waals surface area contributed by atoms with Gasteiger partial charge in [0.2, 0.25) is 5.91 Å². The Morgan fingerprint density at radius 2 is 2.00 bits per heavy atom. The van der Waals surface area contributed by atoms with Crippen LogP contribution in [0.2, 0.25) is 0 Å². The molecule has 1 aromatic heterocycles. The molecule has 3 aliphatic rings. The Labute approximate surface area is 183 Å². The lowest BCUT2D eigenvalue weighted by Gasteiger charge is -2.56. The Balaban J connectivity index is 1.45. The number of hydrogen-bond acceptors (Lipinski definition) is 4. The summed E-state index contributed by atoms with van der Waals surface area (Å²) in [6.45, 7) is 3.56. The van der Waals surface area contributed by atoms with E-state index in [-0.39, 0.29) is 18.0 Å². The number of anilines is 1. The Hall–Kier alpha value is -2.83. The average molecular weight is 422 g/mol. The highest BCUT2D eigenvalue weighted by Crippen LogP contribution is 2.43. The van der Waals surface area contributed by atoms with Crippen LogP contribution in [0.25, 0.3) is 11.1 Å². The molecule has 0 saturated carbocycles. The molecule has 164 valence electrons. The maximum Gasteiger partial charge on any atom is 0.272 e. The van der Waals surface area contributed by atoms with Crippen molar-refractivity contribution in [2.75, 3.05) is 18.8 Å². The van der Waals surface area contributed by atoms with Crippen molar-refractivity contribution in [2.24, 2.45) is 11.8 Å². The molecule has 0 radical (unpaired) electrons. The van der Waals surface area contributed by atoms with E-state index in [1.54, 1.807) is 0 Å². The van der Waals surface area contributed by atoms with Gasteiger partial charge in [-0.05, 0) is 43.1 Å². The van der Waals surface area contributed by atoms with E-state index >= 15 is 0 Å². The first kappa shape index (κ1) is 20.1. The molecule has 31 heavy (non-hydrogen) atoms. The molecule has 7 heteroatoms. The SMILES string of the molecule is CCC[C@H]1[C@H]2C[C@H](CN(C(=O)c3[nH]nc(N)c3-c3ccccc3)C2)[C@@H]2CCCC(=O)N21. The van der Waals surface area contributed by atoms with Crippen molar-refractivity contribution in [3.8, 4) is 11.1 Å². The van der Waals surface area contributed by atoms with Crippen molar-refractivity contribution in [1.82, 2.24) is 20.0 Å². The minimum Gasteiger partial charge on any atom is -0.382 e. The molecule has 3 fully saturated rings. The van der Waals surface area contributed by atoms with Gasteiger partial charge in [-0.3, -0.25) is 14.7 Å². The van der Waals surface area contributed by atoms with Gasteiger partial charge in [-0.2, -0.15) is 5.10 Å². The third-order valence-electron chi connectivity index (χ3n) is 7.44. The molecule has 3 N–H and O–H groups in total. The number of H-pyrrole nitrogens is 1. The number of aromatic amines is 1. The Bertz CT molecular complexity index is 972. The molecule has 4 atom stereocenters. The number of piperidine rings is 3. The minimum atomic E-state index is -0.0383. The van der Waals surface area contributed by atoms with E-state index in [0.29, 0.717) is 54.3 Å². The summed E-state index contributed by atoms with van der Waals surface area (Å²) in [5.41, 5.74) is 8.18. The molecule has 2 aromatic rings. The maximum absolute atomic E-state index is 13.6. The van der Waals surface area contributed by atoms with E-state index in [4.69, 9.17) is 5.73 Å². The fraction of sp³-hybridized carbons (Fsp3) is 0.542. The largest absolute Gasteiger partial charge is 0.382 e. The predicted octanol–water partition coefficient (Wildman–Crippen LogP) is 3.30. The number of nitrogens with two attached hydrogens (primary N) is 1. The number of nitrogen functional groups attached to an aromatic ring is 1. The van der Waals surface area contributed by atoms with Crippen LogP contribution in [-0.4, -0.2) is 57.0 Å². The second kappa shape index (κ2) is 8.02. The highest BCUT2D eigenvalue weighted by Gasteiger charge is 2.49. The van der Waals surface area contributed by atoms with E-state index < -0.39 is 0 Å². The quantitative estimate of drug-likeness (QED) is 0.792. The standard InChI is InChI=1S/C24H31N5O2/c1-2-7-18-16-12-17(19-10-6-11-20(30)29(18)19)14-28(13-16)24(31)22-21(23(25)27-26-22)15-8-4-3-5-9-15/h3-5,8-9,16-19H,2,6-7,10-14H2,1H3,(H3,25,26,27)/t16-,17+,18-,19-/m0/s1. The van der Waals surface area contributed by atoms with Crippen molar-refractivity contribution >= 4 is 17.6 Å². The van der Waals surface area contributed by atoms with Gasteiger partial charge in [0.15, 0.2) is 5.82 Å². The van der Waals surface area contributed by atoms with Gasteiger partial charge >= 0.3 is 0 Å². The fourth-order valence-corrected chi connectivity index (χ4v) is 6.17. The molecule has 4 heterocycles. The van der Waals surface area contributed by atoms with Gasteiger partial charge in [-0.1, -0.05) is 43.7 Å². The maximum atomic E-state index is 13.6. The van der Waals surface area contributed by atoms with E-state index in [9.17, 15) is 9.59 Å². The molecule has 0 unspecified atom stereocenters. The average Bonchev–Trinajstić information content (AvgIpc) is 3.18. The van der Waals surface area contributed by atoms with Gasteiger partial charge < -0.3 is 15.5 Å². The van der Waals surface area contributed by atoms with Crippen molar-refractivity contribution in [1.29, 1.82) is 0 Å². The van der Waals surface area contributed by atoms with Crippen LogP contribution in [0.5, 0.6) is 0 Å². The summed E-state index contributed by atoms with van der Waals surface area (Å²) >= 11 is 0. The number of carbonyl (C=O) groups is 2. The van der Waals surface area contributed by atoms with Crippen LogP contribution >= 0.6 is 0 Å². The van der Waals surface area contributed by atoms with E-state index in [1.807, 2.05) is 35.2 Å². The molecule has 2 bridgehead atoms. The number of amides is 2. The summed E-state index contributed by atoms with van der Waals surface area (Å²) in [6.07, 6.45) is 5.85. The van der Waals surface area contributed by atoms with Gasteiger partial charge in [0.1, 0.15) is 5.69 Å². The normalized spacial score (nSPS) is 27.8. The van der Waals surface area contributed by atoms with Crippen LogP contribution < -0.4 is 5.73 Å². The second-order valence-corrected chi connectivity index (χ2v) is 9.31. The number of rotatable bonds is 4. The first-order valence-corrected chi connectivity index (χ1v) is 11.6. The zero-order chi connectivity index (χ0) is 21.5. The van der Waals surface area contributed by atoms with Crippen LogP contribution in [0.15, 0.2) is 30.3 Å². The molecule has 3 aliphatic heterocycles. The van der Waals surface area contributed by atoms with E-state index in [1.165, 1.54) is 0 Å². The predicted molar refractivity (Wildman–Crippen MR) is 119 cm³/mol. The summed E-state index contributed by atoms with van der Waals surface area (Å²) in [4.78, 5) is 30.7. The molecule has 1 aromatic carbocycles. The van der Waals surface area contributed by atoms with Crippen molar-refractivity contribution < 1.29 is 9.59 Å². The molecule has 0 spiro atoms. The number of fused-ring (bicyclic) bond motifs is 4. The fourth-order valence-electron chi connectivity index (χ4n) is 6.17. The van der Waals surface area contributed by atoms with E-state index in [2.05, 4.69) is 22.0 Å². The van der Waals surface area contributed by atoms with Gasteiger partial charge in [0.05, 0.1) is 5.56 Å². The highest BCUT2D eigenvalue weighted by atomic mass is 16.2. The van der Waals surface area contributed by atoms with Crippen LogP contribution in [-0.2, 0) is 4.79 Å². The molecule has 3 saturated heterocycles. The number of carbonyl (C=O) groups excluding carboxylic acids is 2. The van der Waals surface area contributed by atoms with Crippen LogP contribution in [0.1, 0.15) is 55.9 Å². The molecular weight excluding hydrogens is 390 g/mol. The number of nitrogens with one attached hydrogen (secondary N) is 1. The lowest BCUT2D eigenvalue weighted by atomic mass is 9.71. The van der Waals surface area contributed by atoms with Gasteiger partial charge in [0.25, 0.3) is 5.91 Å². The molecule has 7 nitrogen and oxygen atoms in total. The lowest BCUT2D eigenvalue weighted by molar-refractivity contribution is -0.152. The first-order chi connectivity index (χ1) is 15.1.